The SMILES string of the molecule is CC1CN(CC(=O)N(C)c2ccc(NC(=C3C(=O)Nc4cc(Cl)ccc43)c3ccccc3)cc2)CC(C)N1C. The Morgan fingerprint density at radius 3 is 2.36 bits per heavy atom. The molecule has 2 atom stereocenters. The van der Waals surface area contributed by atoms with Gasteiger partial charge in [-0.25, -0.2) is 0 Å². The maximum Gasteiger partial charge on any atom is 0.258 e. The lowest BCUT2D eigenvalue weighted by molar-refractivity contribution is -0.120. The van der Waals surface area contributed by atoms with E-state index in [1.165, 1.54) is 0 Å². The van der Waals surface area contributed by atoms with Crippen LogP contribution in [0.3, 0.4) is 0 Å². The van der Waals surface area contributed by atoms with Gasteiger partial charge in [0, 0.05) is 54.2 Å². The number of carbonyl (C=O) groups is 2. The maximum atomic E-state index is 13.1. The molecule has 0 radical (unpaired) electrons. The summed E-state index contributed by atoms with van der Waals surface area (Å²) in [6.45, 7) is 6.54. The molecule has 39 heavy (non-hydrogen) atoms. The van der Waals surface area contributed by atoms with Crippen LogP contribution in [0.15, 0.2) is 72.8 Å². The Morgan fingerprint density at radius 2 is 1.69 bits per heavy atom. The van der Waals surface area contributed by atoms with E-state index in [0.717, 1.165) is 35.6 Å². The topological polar surface area (TPSA) is 67.9 Å². The van der Waals surface area contributed by atoms with E-state index in [1.54, 1.807) is 17.0 Å². The minimum Gasteiger partial charge on any atom is -0.354 e. The van der Waals surface area contributed by atoms with Gasteiger partial charge in [-0.3, -0.25) is 19.4 Å². The summed E-state index contributed by atoms with van der Waals surface area (Å²) < 4.78 is 0. The minimum absolute atomic E-state index is 0.0599. The first-order chi connectivity index (χ1) is 18.7. The molecule has 0 spiro atoms. The Morgan fingerprint density at radius 1 is 1.03 bits per heavy atom. The number of nitrogens with one attached hydrogen (secondary N) is 2. The first-order valence-electron chi connectivity index (χ1n) is 13.2. The zero-order valence-corrected chi connectivity index (χ0v) is 23.5. The van der Waals surface area contributed by atoms with Crippen molar-refractivity contribution < 1.29 is 9.59 Å². The van der Waals surface area contributed by atoms with Gasteiger partial charge < -0.3 is 15.5 Å². The molecule has 0 saturated carbocycles. The number of likely N-dealkylation sites (N-methyl/N-ethyl adjacent to an activating group) is 2. The zero-order valence-electron chi connectivity index (χ0n) is 22.7. The second kappa shape index (κ2) is 11.2. The molecule has 0 bridgehead atoms. The average Bonchev–Trinajstić information content (AvgIpc) is 3.25. The molecule has 2 aliphatic rings. The molecule has 3 aromatic rings. The third-order valence-corrected chi connectivity index (χ3v) is 7.97. The number of nitrogens with zero attached hydrogens (tertiary/aromatic N) is 3. The number of carbonyl (C=O) groups excluding carboxylic acids is 2. The van der Waals surface area contributed by atoms with Gasteiger partial charge in [0.05, 0.1) is 23.5 Å². The van der Waals surface area contributed by atoms with Crippen molar-refractivity contribution >= 4 is 51.7 Å². The van der Waals surface area contributed by atoms with Gasteiger partial charge in [-0.05, 0) is 62.9 Å². The smallest absolute Gasteiger partial charge is 0.258 e. The Balaban J connectivity index is 1.36. The van der Waals surface area contributed by atoms with Gasteiger partial charge in [-0.1, -0.05) is 48.0 Å². The fourth-order valence-electron chi connectivity index (χ4n) is 5.27. The third kappa shape index (κ3) is 5.71. The van der Waals surface area contributed by atoms with Crippen molar-refractivity contribution in [1.82, 2.24) is 9.80 Å². The average molecular weight is 544 g/mol. The summed E-state index contributed by atoms with van der Waals surface area (Å²) in [6.07, 6.45) is 0. The summed E-state index contributed by atoms with van der Waals surface area (Å²) in [5.74, 6) is -0.127. The number of piperazine rings is 1. The standard InChI is InChI=1S/C31H34ClN5O2/c1-20-17-37(18-21(2)35(20)3)19-28(38)36(4)25-13-11-24(12-14-25)33-30(22-8-6-5-7-9-22)29-26-15-10-23(32)16-27(26)34-31(29)39/h5-16,20-21,33H,17-19H2,1-4H3,(H,34,39). The van der Waals surface area contributed by atoms with Crippen molar-refractivity contribution in [3.05, 3.63) is 88.9 Å². The Kier molecular flexibility index (Phi) is 7.75. The predicted molar refractivity (Wildman–Crippen MR) is 160 cm³/mol. The molecule has 5 rings (SSSR count). The van der Waals surface area contributed by atoms with Gasteiger partial charge in [-0.2, -0.15) is 0 Å². The van der Waals surface area contributed by atoms with Crippen LogP contribution in [-0.2, 0) is 9.59 Å². The van der Waals surface area contributed by atoms with Crippen LogP contribution < -0.4 is 15.5 Å². The fraction of sp³-hybridized carbons (Fsp3) is 0.290. The molecule has 1 fully saturated rings. The zero-order chi connectivity index (χ0) is 27.7. The van der Waals surface area contributed by atoms with Crippen LogP contribution in [-0.4, -0.2) is 67.4 Å². The number of amides is 2. The van der Waals surface area contributed by atoms with Crippen molar-refractivity contribution in [3.63, 3.8) is 0 Å². The molecule has 2 amide bonds. The van der Waals surface area contributed by atoms with Gasteiger partial charge in [0.25, 0.3) is 5.91 Å². The van der Waals surface area contributed by atoms with E-state index in [9.17, 15) is 9.59 Å². The maximum absolute atomic E-state index is 13.1. The van der Waals surface area contributed by atoms with Gasteiger partial charge >= 0.3 is 0 Å². The molecule has 1 saturated heterocycles. The molecule has 7 nitrogen and oxygen atoms in total. The highest BCUT2D eigenvalue weighted by atomic mass is 35.5. The van der Waals surface area contributed by atoms with E-state index >= 15 is 0 Å². The van der Waals surface area contributed by atoms with E-state index in [-0.39, 0.29) is 11.8 Å². The van der Waals surface area contributed by atoms with Crippen LogP contribution >= 0.6 is 11.6 Å². The number of rotatable bonds is 6. The van der Waals surface area contributed by atoms with Crippen molar-refractivity contribution in [2.45, 2.75) is 25.9 Å². The number of hydrogen-bond donors (Lipinski definition) is 2. The molecule has 0 aliphatic carbocycles. The molecular formula is C31H34ClN5O2. The molecule has 2 aliphatic heterocycles. The number of fused-ring (bicyclic) bond motifs is 1. The Bertz CT molecular complexity index is 1390. The second-order valence-corrected chi connectivity index (χ2v) is 10.9. The molecule has 2 unspecified atom stereocenters. The molecule has 0 aromatic heterocycles. The van der Waals surface area contributed by atoms with Crippen LogP contribution in [0.2, 0.25) is 5.02 Å². The van der Waals surface area contributed by atoms with E-state index in [2.05, 4.69) is 41.3 Å². The van der Waals surface area contributed by atoms with Crippen molar-refractivity contribution in [3.8, 4) is 0 Å². The summed E-state index contributed by atoms with van der Waals surface area (Å²) in [7, 11) is 3.96. The van der Waals surface area contributed by atoms with Gasteiger partial charge in [-0.15, -0.1) is 0 Å². The largest absolute Gasteiger partial charge is 0.354 e. The lowest BCUT2D eigenvalue weighted by Crippen LogP contribution is -2.56. The fourth-order valence-corrected chi connectivity index (χ4v) is 5.45. The Hall–Kier alpha value is -3.65. The monoisotopic (exact) mass is 543 g/mol. The Labute approximate surface area is 235 Å². The third-order valence-electron chi connectivity index (χ3n) is 7.73. The lowest BCUT2D eigenvalue weighted by atomic mass is 10.00. The minimum atomic E-state index is -0.187. The second-order valence-electron chi connectivity index (χ2n) is 10.4. The van der Waals surface area contributed by atoms with Gasteiger partial charge in [0.15, 0.2) is 0 Å². The number of benzene rings is 3. The number of anilines is 3. The quantitative estimate of drug-likeness (QED) is 0.415. The number of halogens is 1. The van der Waals surface area contributed by atoms with E-state index in [0.29, 0.717) is 40.6 Å². The summed E-state index contributed by atoms with van der Waals surface area (Å²) in [6, 6.07) is 23.7. The predicted octanol–water partition coefficient (Wildman–Crippen LogP) is 5.26. The van der Waals surface area contributed by atoms with E-state index < -0.39 is 0 Å². The normalized spacial score (nSPS) is 20.8. The lowest BCUT2D eigenvalue weighted by Gasteiger charge is -2.42. The van der Waals surface area contributed by atoms with Gasteiger partial charge in [0.1, 0.15) is 0 Å². The highest BCUT2D eigenvalue weighted by Crippen LogP contribution is 2.38. The first-order valence-corrected chi connectivity index (χ1v) is 13.6. The van der Waals surface area contributed by atoms with Crippen molar-refractivity contribution in [1.29, 1.82) is 0 Å². The molecule has 8 heteroatoms. The molecule has 2 heterocycles. The molecule has 3 aromatic carbocycles. The molecular weight excluding hydrogens is 510 g/mol. The first kappa shape index (κ1) is 26.9. The molecule has 202 valence electrons. The van der Waals surface area contributed by atoms with Crippen LogP contribution in [0.1, 0.15) is 25.0 Å². The highest BCUT2D eigenvalue weighted by molar-refractivity contribution is 6.38. The molecule has 2 N–H and O–H groups in total. The van der Waals surface area contributed by atoms with Crippen molar-refractivity contribution in [2.75, 3.05) is 49.3 Å². The van der Waals surface area contributed by atoms with E-state index in [4.69, 9.17) is 11.6 Å². The van der Waals surface area contributed by atoms with Crippen molar-refractivity contribution in [2.24, 2.45) is 0 Å². The number of hydrogen-bond acceptors (Lipinski definition) is 5. The summed E-state index contributed by atoms with van der Waals surface area (Å²) in [4.78, 5) is 32.5. The van der Waals surface area contributed by atoms with Crippen LogP contribution in [0.25, 0.3) is 11.3 Å². The summed E-state index contributed by atoms with van der Waals surface area (Å²) in [5.41, 5.74) is 5.25. The summed E-state index contributed by atoms with van der Waals surface area (Å²) in [5, 5.41) is 6.96. The van der Waals surface area contributed by atoms with Crippen LogP contribution in [0.4, 0.5) is 17.1 Å². The summed E-state index contributed by atoms with van der Waals surface area (Å²) >= 11 is 6.17. The van der Waals surface area contributed by atoms with E-state index in [1.807, 2.05) is 67.7 Å². The van der Waals surface area contributed by atoms with Crippen LogP contribution in [0.5, 0.6) is 0 Å². The van der Waals surface area contributed by atoms with Gasteiger partial charge in [0.2, 0.25) is 5.91 Å². The van der Waals surface area contributed by atoms with Crippen LogP contribution in [0, 0.1) is 0 Å². The highest BCUT2D eigenvalue weighted by Gasteiger charge is 2.30.